The first-order valence-corrected chi connectivity index (χ1v) is 17.1. The van der Waals surface area contributed by atoms with Gasteiger partial charge in [0.05, 0.1) is 41.0 Å². The van der Waals surface area contributed by atoms with Crippen molar-refractivity contribution in [1.82, 2.24) is 9.97 Å². The maximum absolute atomic E-state index is 6.01. The van der Waals surface area contributed by atoms with E-state index in [4.69, 9.17) is 14.2 Å². The molecule has 1 rings (SSSR count). The fraction of sp³-hybridized carbons (Fsp3) is 0.875. The van der Waals surface area contributed by atoms with Gasteiger partial charge in [0.15, 0.2) is 0 Å². The molecule has 236 valence electrons. The second kappa shape index (κ2) is 28.5. The summed E-state index contributed by atoms with van der Waals surface area (Å²) in [6.45, 7) is 6.25. The van der Waals surface area contributed by atoms with Crippen LogP contribution in [0.1, 0.15) is 110 Å². The molecule has 0 aliphatic carbocycles. The normalized spacial score (nSPS) is 12.3. The predicted octanol–water partition coefficient (Wildman–Crippen LogP) is 4.96. The van der Waals surface area contributed by atoms with Crippen LogP contribution < -0.4 is 17.1 Å². The van der Waals surface area contributed by atoms with E-state index < -0.39 is 0 Å². The van der Waals surface area contributed by atoms with Gasteiger partial charge in [0.25, 0.3) is 0 Å². The molecule has 1 atom stereocenters. The van der Waals surface area contributed by atoms with Crippen molar-refractivity contribution < 1.29 is 31.1 Å². The van der Waals surface area contributed by atoms with Gasteiger partial charge < -0.3 is 31.1 Å². The van der Waals surface area contributed by atoms with Gasteiger partial charge in [0, 0.05) is 30.5 Å². The highest BCUT2D eigenvalue weighted by atomic mass is 35.5. The maximum atomic E-state index is 6.01. The summed E-state index contributed by atoms with van der Waals surface area (Å²) >= 11 is 1.84. The van der Waals surface area contributed by atoms with Crippen molar-refractivity contribution in [1.29, 1.82) is 0 Å². The molecule has 0 saturated heterocycles. The summed E-state index contributed by atoms with van der Waals surface area (Å²) in [5, 5.41) is 0. The van der Waals surface area contributed by atoms with Gasteiger partial charge in [-0.1, -0.05) is 103 Å². The van der Waals surface area contributed by atoms with Crippen molar-refractivity contribution >= 4 is 11.8 Å². The lowest BCUT2D eigenvalue weighted by Crippen LogP contribution is -3.00. The lowest BCUT2D eigenvalue weighted by Gasteiger charge is -2.23. The van der Waals surface area contributed by atoms with Gasteiger partial charge in [-0.3, -0.25) is 0 Å². The minimum Gasteiger partial charge on any atom is -1.00 e. The third-order valence-electron chi connectivity index (χ3n) is 6.84. The molecule has 1 aromatic heterocycles. The van der Waals surface area contributed by atoms with Crippen LogP contribution in [0, 0.1) is 0 Å². The largest absolute Gasteiger partial charge is 1.00 e. The van der Waals surface area contributed by atoms with E-state index in [2.05, 4.69) is 38.0 Å². The molecule has 0 amide bonds. The van der Waals surface area contributed by atoms with Crippen LogP contribution in [0.5, 0.6) is 6.01 Å². The number of unbranched alkanes of at least 4 members (excludes halogenated alkanes) is 15. The number of halogens is 1. The van der Waals surface area contributed by atoms with Gasteiger partial charge in [-0.2, -0.15) is 11.8 Å². The van der Waals surface area contributed by atoms with E-state index in [1.54, 1.807) is 18.5 Å². The highest BCUT2D eigenvalue weighted by molar-refractivity contribution is 7.99. The number of aromatic nitrogens is 2. The smallest absolute Gasteiger partial charge is 0.316 e. The minimum absolute atomic E-state index is 0. The van der Waals surface area contributed by atoms with E-state index in [0.29, 0.717) is 12.6 Å². The van der Waals surface area contributed by atoms with Crippen LogP contribution in [-0.2, 0) is 9.47 Å². The highest BCUT2D eigenvalue weighted by Crippen LogP contribution is 2.14. The summed E-state index contributed by atoms with van der Waals surface area (Å²) in [5.41, 5.74) is 0. The molecule has 1 aromatic rings. The van der Waals surface area contributed by atoms with Crippen molar-refractivity contribution in [3.8, 4) is 6.01 Å². The number of likely N-dealkylation sites (N-methyl/N-ethyl adjacent to an activating group) is 1. The molecular weight excluding hydrogens is 542 g/mol. The van der Waals surface area contributed by atoms with Crippen molar-refractivity contribution in [3.63, 3.8) is 0 Å². The predicted molar refractivity (Wildman–Crippen MR) is 168 cm³/mol. The molecule has 0 saturated carbocycles. The Labute approximate surface area is 258 Å². The fourth-order valence-electron chi connectivity index (χ4n) is 4.35. The van der Waals surface area contributed by atoms with Gasteiger partial charge in [0.1, 0.15) is 12.6 Å². The summed E-state index contributed by atoms with van der Waals surface area (Å²) in [6, 6.07) is 2.23. The van der Waals surface area contributed by atoms with Crippen molar-refractivity contribution in [2.45, 2.75) is 116 Å². The fourth-order valence-corrected chi connectivity index (χ4v) is 5.18. The number of hydrogen-bond acceptors (Lipinski definition) is 6. The highest BCUT2D eigenvalue weighted by Gasteiger charge is 2.13. The number of thioether (sulfide) groups is 1. The molecule has 0 bridgehead atoms. The Morgan fingerprint density at radius 3 is 1.75 bits per heavy atom. The molecule has 8 heteroatoms. The standard InChI is InChI=1S/C32H62N3O3S.ClH/c1-5-6-7-8-9-10-11-12-13-14-15-16-17-18-19-20-25-37-29-31(38-32-33-22-21-23-34-32)30-39-28-27-36-26-24-35(2,3)4;/h21-23,31H,5-20,24-30H2,1-4H3;1H/q+1;/p-1. The summed E-state index contributed by atoms with van der Waals surface area (Å²) in [4.78, 5) is 8.43. The lowest BCUT2D eigenvalue weighted by atomic mass is 10.0. The van der Waals surface area contributed by atoms with Crippen LogP contribution in [0.2, 0.25) is 0 Å². The van der Waals surface area contributed by atoms with Crippen LogP contribution in [0.25, 0.3) is 0 Å². The van der Waals surface area contributed by atoms with Crippen LogP contribution >= 0.6 is 11.8 Å². The lowest BCUT2D eigenvalue weighted by molar-refractivity contribution is -0.870. The van der Waals surface area contributed by atoms with Crippen LogP contribution in [0.15, 0.2) is 18.5 Å². The molecule has 0 spiro atoms. The zero-order chi connectivity index (χ0) is 28.3. The third kappa shape index (κ3) is 27.6. The average molecular weight is 604 g/mol. The Hall–Kier alpha value is -0.600. The Kier molecular flexibility index (Phi) is 28.1. The molecule has 1 heterocycles. The number of ether oxygens (including phenoxy) is 3. The van der Waals surface area contributed by atoms with Gasteiger partial charge >= 0.3 is 6.01 Å². The molecule has 40 heavy (non-hydrogen) atoms. The van der Waals surface area contributed by atoms with Crippen LogP contribution in [0.4, 0.5) is 0 Å². The minimum atomic E-state index is -0.0512. The third-order valence-corrected chi connectivity index (χ3v) is 7.91. The van der Waals surface area contributed by atoms with Crippen molar-refractivity contribution in [2.24, 2.45) is 0 Å². The topological polar surface area (TPSA) is 53.5 Å². The monoisotopic (exact) mass is 603 g/mol. The second-order valence-electron chi connectivity index (χ2n) is 11.9. The van der Waals surface area contributed by atoms with Gasteiger partial charge in [0.2, 0.25) is 0 Å². The molecule has 0 fully saturated rings. The SMILES string of the molecule is CCCCCCCCCCCCCCCCCCOCC(CSCCOCC[N+](C)(C)C)Oc1ncccn1.[Cl-]. The molecule has 0 aliphatic rings. The average Bonchev–Trinajstić information content (AvgIpc) is 2.91. The van der Waals surface area contributed by atoms with Gasteiger partial charge in [-0.25, -0.2) is 9.97 Å². The number of rotatable bonds is 29. The Morgan fingerprint density at radius 1 is 0.700 bits per heavy atom. The summed E-state index contributed by atoms with van der Waals surface area (Å²) in [6.07, 6.45) is 25.5. The number of quaternary nitrogens is 1. The van der Waals surface area contributed by atoms with Crippen molar-refractivity contribution in [2.75, 3.05) is 65.6 Å². The quantitative estimate of drug-likeness (QED) is 0.0953. The summed E-state index contributed by atoms with van der Waals surface area (Å²) < 4.78 is 18.7. The Bertz CT molecular complexity index is 638. The second-order valence-corrected chi connectivity index (χ2v) is 13.0. The van der Waals surface area contributed by atoms with E-state index in [-0.39, 0.29) is 18.5 Å². The summed E-state index contributed by atoms with van der Waals surface area (Å²) in [5.74, 6) is 1.79. The van der Waals surface area contributed by atoms with Crippen LogP contribution in [0.3, 0.4) is 0 Å². The van der Waals surface area contributed by atoms with Gasteiger partial charge in [-0.15, -0.1) is 0 Å². The molecule has 0 aromatic carbocycles. The zero-order valence-electron chi connectivity index (χ0n) is 26.4. The molecule has 1 unspecified atom stereocenters. The van der Waals surface area contributed by atoms with E-state index in [0.717, 1.165) is 48.8 Å². The Morgan fingerprint density at radius 2 is 1.23 bits per heavy atom. The molecule has 6 nitrogen and oxygen atoms in total. The van der Waals surface area contributed by atoms with E-state index in [9.17, 15) is 0 Å². The zero-order valence-corrected chi connectivity index (χ0v) is 28.0. The molecule has 0 N–H and O–H groups in total. The summed E-state index contributed by atoms with van der Waals surface area (Å²) in [7, 11) is 6.56. The molecule has 0 radical (unpaired) electrons. The first kappa shape index (κ1) is 39.4. The van der Waals surface area contributed by atoms with Gasteiger partial charge in [-0.05, 0) is 12.5 Å². The van der Waals surface area contributed by atoms with E-state index in [1.807, 2.05) is 11.8 Å². The first-order valence-electron chi connectivity index (χ1n) is 16.0. The van der Waals surface area contributed by atoms with Crippen molar-refractivity contribution in [3.05, 3.63) is 18.5 Å². The Balaban J connectivity index is 0.0000152. The maximum Gasteiger partial charge on any atom is 0.316 e. The van der Waals surface area contributed by atoms with Crippen LogP contribution in [-0.4, -0.2) is 86.2 Å². The van der Waals surface area contributed by atoms with E-state index in [1.165, 1.54) is 96.3 Å². The molecule has 0 aliphatic heterocycles. The number of nitrogens with zero attached hydrogens (tertiary/aromatic N) is 3. The first-order chi connectivity index (χ1) is 19.0. The molecular formula is C32H62ClN3O3S. The number of hydrogen-bond donors (Lipinski definition) is 0. The van der Waals surface area contributed by atoms with E-state index >= 15 is 0 Å².